The number of anilines is 1. The molecule has 1 N–H and O–H groups in total. The number of carbonyl (C=O) groups excluding carboxylic acids is 2. The molecule has 1 aromatic rings. The van der Waals surface area contributed by atoms with E-state index in [1.54, 1.807) is 16.7 Å². The van der Waals surface area contributed by atoms with Crippen LogP contribution in [0, 0.1) is 0 Å². The highest BCUT2D eigenvalue weighted by molar-refractivity contribution is 8.01. The third-order valence-corrected chi connectivity index (χ3v) is 5.29. The number of benzene rings is 1. The van der Waals surface area contributed by atoms with Gasteiger partial charge >= 0.3 is 0 Å². The van der Waals surface area contributed by atoms with Gasteiger partial charge in [0.15, 0.2) is 0 Å². The van der Waals surface area contributed by atoms with Crippen LogP contribution >= 0.6 is 11.8 Å². The van der Waals surface area contributed by atoms with E-state index in [0.717, 1.165) is 12.1 Å². The van der Waals surface area contributed by atoms with Crippen molar-refractivity contribution in [3.05, 3.63) is 30.3 Å². The summed E-state index contributed by atoms with van der Waals surface area (Å²) in [6, 6.07) is 9.03. The van der Waals surface area contributed by atoms with E-state index >= 15 is 0 Å². The van der Waals surface area contributed by atoms with Gasteiger partial charge in [0.05, 0.1) is 4.87 Å². The molecule has 4 nitrogen and oxygen atoms in total. The standard InChI is InChI=1S/C14H16N2O2S/c1-14-8-7-12(17)16(14)11(9-19-14)13(18)15-10-5-3-2-4-6-10/h2-6,11H,7-9H2,1H3,(H,15,18)/t11-,14-/m0/s1. The van der Waals surface area contributed by atoms with E-state index < -0.39 is 0 Å². The molecule has 0 unspecified atom stereocenters. The highest BCUT2D eigenvalue weighted by atomic mass is 32.2. The number of amides is 2. The largest absolute Gasteiger partial charge is 0.324 e. The average molecular weight is 276 g/mol. The van der Waals surface area contributed by atoms with Gasteiger partial charge in [0, 0.05) is 17.9 Å². The summed E-state index contributed by atoms with van der Waals surface area (Å²) >= 11 is 1.71. The third-order valence-electron chi connectivity index (χ3n) is 3.79. The fourth-order valence-electron chi connectivity index (χ4n) is 2.76. The zero-order chi connectivity index (χ0) is 13.5. The molecule has 19 heavy (non-hydrogen) atoms. The number of thioether (sulfide) groups is 1. The lowest BCUT2D eigenvalue weighted by molar-refractivity contribution is -0.135. The Morgan fingerprint density at radius 1 is 1.42 bits per heavy atom. The summed E-state index contributed by atoms with van der Waals surface area (Å²) in [5.41, 5.74) is 0.776. The van der Waals surface area contributed by atoms with Gasteiger partial charge in [-0.1, -0.05) is 18.2 Å². The van der Waals surface area contributed by atoms with Crippen LogP contribution in [0.4, 0.5) is 5.69 Å². The van der Waals surface area contributed by atoms with E-state index in [0.29, 0.717) is 12.2 Å². The minimum Gasteiger partial charge on any atom is -0.324 e. The molecule has 100 valence electrons. The monoisotopic (exact) mass is 276 g/mol. The SMILES string of the molecule is C[C@]12CCC(=O)N1[C@H](C(=O)Nc1ccccc1)CS2. The predicted octanol–water partition coefficient (Wildman–Crippen LogP) is 2.08. The molecule has 0 radical (unpaired) electrons. The van der Waals surface area contributed by atoms with E-state index in [1.807, 2.05) is 30.3 Å². The first-order valence-corrected chi connectivity index (χ1v) is 7.41. The van der Waals surface area contributed by atoms with Crippen molar-refractivity contribution in [3.8, 4) is 0 Å². The van der Waals surface area contributed by atoms with Crippen LogP contribution in [0.25, 0.3) is 0 Å². The van der Waals surface area contributed by atoms with Crippen molar-refractivity contribution < 1.29 is 9.59 Å². The first-order valence-electron chi connectivity index (χ1n) is 6.42. The second-order valence-electron chi connectivity index (χ2n) is 5.12. The topological polar surface area (TPSA) is 49.4 Å². The lowest BCUT2D eigenvalue weighted by atomic mass is 10.2. The molecule has 0 bridgehead atoms. The van der Waals surface area contributed by atoms with Gasteiger partial charge in [0.1, 0.15) is 6.04 Å². The molecule has 2 fully saturated rings. The molecule has 0 aliphatic carbocycles. The van der Waals surface area contributed by atoms with Crippen molar-refractivity contribution in [2.75, 3.05) is 11.1 Å². The Hall–Kier alpha value is -1.49. The van der Waals surface area contributed by atoms with Crippen LogP contribution in [0.15, 0.2) is 30.3 Å². The minimum atomic E-state index is -0.342. The Balaban J connectivity index is 1.76. The molecule has 2 aliphatic heterocycles. The molecule has 0 aromatic heterocycles. The van der Waals surface area contributed by atoms with Crippen molar-refractivity contribution in [2.24, 2.45) is 0 Å². The smallest absolute Gasteiger partial charge is 0.248 e. The summed E-state index contributed by atoms with van der Waals surface area (Å²) in [6.07, 6.45) is 1.39. The first-order chi connectivity index (χ1) is 9.10. The van der Waals surface area contributed by atoms with Crippen LogP contribution in [-0.4, -0.2) is 33.4 Å². The molecule has 3 rings (SSSR count). The zero-order valence-corrected chi connectivity index (χ0v) is 11.6. The van der Waals surface area contributed by atoms with E-state index in [2.05, 4.69) is 12.2 Å². The Kier molecular flexibility index (Phi) is 3.01. The highest BCUT2D eigenvalue weighted by Crippen LogP contribution is 2.47. The Bertz CT molecular complexity index is 519. The van der Waals surface area contributed by atoms with E-state index in [-0.39, 0.29) is 22.7 Å². The van der Waals surface area contributed by atoms with Crippen LogP contribution in [0.3, 0.4) is 0 Å². The Labute approximate surface area is 116 Å². The fraction of sp³-hybridized carbons (Fsp3) is 0.429. The molecule has 2 amide bonds. The maximum absolute atomic E-state index is 12.3. The van der Waals surface area contributed by atoms with Gasteiger partial charge in [-0.25, -0.2) is 0 Å². The number of nitrogens with one attached hydrogen (secondary N) is 1. The van der Waals surface area contributed by atoms with Gasteiger partial charge in [0.2, 0.25) is 11.8 Å². The Morgan fingerprint density at radius 3 is 2.89 bits per heavy atom. The fourth-order valence-corrected chi connectivity index (χ4v) is 4.19. The summed E-state index contributed by atoms with van der Waals surface area (Å²) in [5, 5.41) is 2.89. The summed E-state index contributed by atoms with van der Waals surface area (Å²) < 4.78 is 0. The number of rotatable bonds is 2. The van der Waals surface area contributed by atoms with Crippen LogP contribution in [0.1, 0.15) is 19.8 Å². The molecule has 0 spiro atoms. The maximum Gasteiger partial charge on any atom is 0.248 e. The van der Waals surface area contributed by atoms with Gasteiger partial charge < -0.3 is 10.2 Å². The first kappa shape index (κ1) is 12.5. The third kappa shape index (κ3) is 2.12. The maximum atomic E-state index is 12.3. The van der Waals surface area contributed by atoms with Crippen molar-refractivity contribution in [3.63, 3.8) is 0 Å². The van der Waals surface area contributed by atoms with E-state index in [9.17, 15) is 9.59 Å². The second kappa shape index (κ2) is 4.56. The lowest BCUT2D eigenvalue weighted by Gasteiger charge is -2.29. The number of nitrogens with zero attached hydrogens (tertiary/aromatic N) is 1. The van der Waals surface area contributed by atoms with Crippen LogP contribution in [0.5, 0.6) is 0 Å². The van der Waals surface area contributed by atoms with E-state index in [1.165, 1.54) is 0 Å². The normalized spacial score (nSPS) is 29.4. The number of fused-ring (bicyclic) bond motifs is 1. The molecule has 0 saturated carbocycles. The number of hydrogen-bond acceptors (Lipinski definition) is 3. The second-order valence-corrected chi connectivity index (χ2v) is 6.62. The summed E-state index contributed by atoms with van der Waals surface area (Å²) in [5.74, 6) is 0.694. The summed E-state index contributed by atoms with van der Waals surface area (Å²) in [4.78, 5) is 25.9. The van der Waals surface area contributed by atoms with Crippen molar-refractivity contribution in [1.29, 1.82) is 0 Å². The molecular weight excluding hydrogens is 260 g/mol. The molecule has 2 heterocycles. The number of hydrogen-bond donors (Lipinski definition) is 1. The van der Waals surface area contributed by atoms with Crippen molar-refractivity contribution in [1.82, 2.24) is 4.90 Å². The predicted molar refractivity (Wildman–Crippen MR) is 75.8 cm³/mol. The van der Waals surface area contributed by atoms with Gasteiger partial charge in [-0.2, -0.15) is 0 Å². The van der Waals surface area contributed by atoms with Gasteiger partial charge in [-0.05, 0) is 25.5 Å². The van der Waals surface area contributed by atoms with Gasteiger partial charge in [-0.15, -0.1) is 11.8 Å². The van der Waals surface area contributed by atoms with Gasteiger partial charge in [-0.3, -0.25) is 9.59 Å². The average Bonchev–Trinajstić information content (AvgIpc) is 2.88. The minimum absolute atomic E-state index is 0.0855. The molecule has 5 heteroatoms. The van der Waals surface area contributed by atoms with Crippen molar-refractivity contribution >= 4 is 29.3 Å². The summed E-state index contributed by atoms with van der Waals surface area (Å²) in [7, 11) is 0. The van der Waals surface area contributed by atoms with Crippen LogP contribution in [0.2, 0.25) is 0 Å². The Morgan fingerprint density at radius 2 is 2.16 bits per heavy atom. The molecule has 2 aliphatic rings. The van der Waals surface area contributed by atoms with Gasteiger partial charge in [0.25, 0.3) is 0 Å². The van der Waals surface area contributed by atoms with Crippen LogP contribution < -0.4 is 5.32 Å². The number of carbonyl (C=O) groups is 2. The van der Waals surface area contributed by atoms with E-state index in [4.69, 9.17) is 0 Å². The zero-order valence-electron chi connectivity index (χ0n) is 10.8. The lowest BCUT2D eigenvalue weighted by Crippen LogP contribution is -2.48. The summed E-state index contributed by atoms with van der Waals surface area (Å²) in [6.45, 7) is 2.05. The quantitative estimate of drug-likeness (QED) is 0.899. The van der Waals surface area contributed by atoms with Crippen molar-refractivity contribution in [2.45, 2.75) is 30.7 Å². The number of para-hydroxylation sites is 1. The highest BCUT2D eigenvalue weighted by Gasteiger charge is 2.52. The molecule has 1 aromatic carbocycles. The van der Waals surface area contributed by atoms with Crippen LogP contribution in [-0.2, 0) is 9.59 Å². The molecule has 2 atom stereocenters. The molecule has 2 saturated heterocycles. The molecular formula is C14H16N2O2S.